The third-order valence-corrected chi connectivity index (χ3v) is 4.78. The Bertz CT molecular complexity index is 1040. The highest BCUT2D eigenvalue weighted by atomic mass is 16.5. The maximum Gasteiger partial charge on any atom is 0.346 e. The second-order valence-electron chi connectivity index (χ2n) is 6.75. The lowest BCUT2D eigenvalue weighted by atomic mass is 10.2. The molecular formula is C21H22N4O3. The Morgan fingerprint density at radius 3 is 2.57 bits per heavy atom. The Morgan fingerprint density at radius 2 is 1.86 bits per heavy atom. The molecule has 7 heteroatoms. The van der Waals surface area contributed by atoms with Gasteiger partial charge in [-0.05, 0) is 25.0 Å². The number of ether oxygens (including phenoxy) is 1. The molecule has 0 aliphatic heterocycles. The fraction of sp³-hybridized carbons (Fsp3) is 0.286. The van der Waals surface area contributed by atoms with E-state index in [0.717, 1.165) is 18.4 Å². The standard InChI is InChI=1S/C21H22N4O3/c1-28-18-10-6-5-9-17(18)20(26)22-13-14-24-21(27)25(16-11-12-16)19(23-24)15-7-3-2-4-8-15/h2-10,16H,11-14H2,1H3,(H,22,26). The first-order valence-electron chi connectivity index (χ1n) is 9.35. The van der Waals surface area contributed by atoms with Gasteiger partial charge in [0.15, 0.2) is 5.82 Å². The van der Waals surface area contributed by atoms with Crippen molar-refractivity contribution in [1.29, 1.82) is 0 Å². The maximum absolute atomic E-state index is 12.8. The van der Waals surface area contributed by atoms with E-state index in [1.807, 2.05) is 36.4 Å². The molecule has 1 aromatic heterocycles. The number of rotatable bonds is 7. The van der Waals surface area contributed by atoms with Crippen molar-refractivity contribution in [3.8, 4) is 17.1 Å². The Kier molecular flexibility index (Phi) is 4.97. The molecule has 1 saturated carbocycles. The van der Waals surface area contributed by atoms with Crippen molar-refractivity contribution in [1.82, 2.24) is 19.7 Å². The molecule has 2 aromatic carbocycles. The molecule has 0 spiro atoms. The van der Waals surface area contributed by atoms with Crippen molar-refractivity contribution < 1.29 is 9.53 Å². The molecule has 0 atom stereocenters. The number of benzene rings is 2. The molecule has 1 heterocycles. The number of nitrogens with zero attached hydrogens (tertiary/aromatic N) is 3. The molecule has 28 heavy (non-hydrogen) atoms. The summed E-state index contributed by atoms with van der Waals surface area (Å²) in [6.45, 7) is 0.603. The van der Waals surface area contributed by atoms with Crippen molar-refractivity contribution in [2.24, 2.45) is 0 Å². The van der Waals surface area contributed by atoms with Crippen LogP contribution in [0.4, 0.5) is 0 Å². The van der Waals surface area contributed by atoms with Gasteiger partial charge in [0.1, 0.15) is 5.75 Å². The maximum atomic E-state index is 12.8. The minimum absolute atomic E-state index is 0.132. The van der Waals surface area contributed by atoms with E-state index in [2.05, 4.69) is 10.4 Å². The molecule has 144 valence electrons. The molecule has 7 nitrogen and oxygen atoms in total. The number of hydrogen-bond acceptors (Lipinski definition) is 4. The van der Waals surface area contributed by atoms with Crippen LogP contribution in [0.2, 0.25) is 0 Å². The highest BCUT2D eigenvalue weighted by Gasteiger charge is 2.30. The van der Waals surface area contributed by atoms with Crippen LogP contribution in [-0.4, -0.2) is 33.9 Å². The first-order valence-corrected chi connectivity index (χ1v) is 9.35. The highest BCUT2D eigenvalue weighted by molar-refractivity contribution is 5.96. The van der Waals surface area contributed by atoms with Gasteiger partial charge in [-0.15, -0.1) is 5.10 Å². The predicted octanol–water partition coefficient (Wildman–Crippen LogP) is 2.49. The van der Waals surface area contributed by atoms with Crippen molar-refractivity contribution >= 4 is 5.91 Å². The van der Waals surface area contributed by atoms with Gasteiger partial charge >= 0.3 is 5.69 Å². The van der Waals surface area contributed by atoms with E-state index in [0.29, 0.717) is 30.2 Å². The molecule has 0 radical (unpaired) electrons. The van der Waals surface area contributed by atoms with E-state index in [-0.39, 0.29) is 17.6 Å². The third kappa shape index (κ3) is 3.55. The summed E-state index contributed by atoms with van der Waals surface area (Å²) in [4.78, 5) is 25.2. The number of carbonyl (C=O) groups is 1. The van der Waals surface area contributed by atoms with Crippen molar-refractivity contribution in [3.63, 3.8) is 0 Å². The van der Waals surface area contributed by atoms with Crippen molar-refractivity contribution in [2.45, 2.75) is 25.4 Å². The summed E-state index contributed by atoms with van der Waals surface area (Å²) in [6.07, 6.45) is 1.99. The summed E-state index contributed by atoms with van der Waals surface area (Å²) < 4.78 is 8.43. The molecular weight excluding hydrogens is 356 g/mol. The first kappa shape index (κ1) is 18.0. The SMILES string of the molecule is COc1ccccc1C(=O)NCCn1nc(-c2ccccc2)n(C2CC2)c1=O. The Morgan fingerprint density at radius 1 is 1.14 bits per heavy atom. The van der Waals surface area contributed by atoms with Gasteiger partial charge in [0, 0.05) is 18.2 Å². The zero-order chi connectivity index (χ0) is 19.5. The lowest BCUT2D eigenvalue weighted by Crippen LogP contribution is -2.32. The van der Waals surface area contributed by atoms with Crippen LogP contribution in [0.25, 0.3) is 11.4 Å². The molecule has 4 rings (SSSR count). The average molecular weight is 378 g/mol. The van der Waals surface area contributed by atoms with Crippen LogP contribution in [-0.2, 0) is 6.54 Å². The summed E-state index contributed by atoms with van der Waals surface area (Å²) in [5.74, 6) is 0.959. The number of para-hydroxylation sites is 1. The van der Waals surface area contributed by atoms with Crippen LogP contribution in [0.15, 0.2) is 59.4 Å². The highest BCUT2D eigenvalue weighted by Crippen LogP contribution is 2.36. The van der Waals surface area contributed by atoms with Crippen LogP contribution in [0, 0.1) is 0 Å². The number of amides is 1. The van der Waals surface area contributed by atoms with Gasteiger partial charge in [-0.2, -0.15) is 0 Å². The number of hydrogen-bond donors (Lipinski definition) is 1. The topological polar surface area (TPSA) is 78.2 Å². The van der Waals surface area contributed by atoms with Crippen LogP contribution < -0.4 is 15.7 Å². The van der Waals surface area contributed by atoms with Gasteiger partial charge in [0.2, 0.25) is 0 Å². The van der Waals surface area contributed by atoms with Gasteiger partial charge in [-0.25, -0.2) is 9.48 Å². The monoisotopic (exact) mass is 378 g/mol. The Hall–Kier alpha value is -3.35. The molecule has 0 saturated heterocycles. The summed E-state index contributed by atoms with van der Waals surface area (Å²) in [5, 5.41) is 7.37. The summed E-state index contributed by atoms with van der Waals surface area (Å²) in [6, 6.07) is 17.0. The number of carbonyl (C=O) groups excluding carboxylic acids is 1. The van der Waals surface area contributed by atoms with Crippen LogP contribution in [0.5, 0.6) is 5.75 Å². The van der Waals surface area contributed by atoms with Gasteiger partial charge in [0.05, 0.1) is 19.2 Å². The Balaban J connectivity index is 1.50. The van der Waals surface area contributed by atoms with Gasteiger partial charge in [-0.3, -0.25) is 9.36 Å². The number of aromatic nitrogens is 3. The van der Waals surface area contributed by atoms with Gasteiger partial charge < -0.3 is 10.1 Å². The molecule has 1 N–H and O–H groups in total. The van der Waals surface area contributed by atoms with E-state index in [1.54, 1.807) is 22.8 Å². The summed E-state index contributed by atoms with van der Waals surface area (Å²) in [7, 11) is 1.53. The molecule has 0 bridgehead atoms. The summed E-state index contributed by atoms with van der Waals surface area (Å²) >= 11 is 0. The Labute approximate surface area is 162 Å². The lowest BCUT2D eigenvalue weighted by molar-refractivity contribution is 0.0948. The van der Waals surface area contributed by atoms with Crippen LogP contribution in [0.1, 0.15) is 29.2 Å². The largest absolute Gasteiger partial charge is 0.496 e. The van der Waals surface area contributed by atoms with Crippen LogP contribution in [0.3, 0.4) is 0 Å². The van der Waals surface area contributed by atoms with E-state index in [1.165, 1.54) is 11.8 Å². The van der Waals surface area contributed by atoms with E-state index in [4.69, 9.17) is 4.74 Å². The van der Waals surface area contributed by atoms with E-state index in [9.17, 15) is 9.59 Å². The fourth-order valence-corrected chi connectivity index (χ4v) is 3.21. The average Bonchev–Trinajstić information content (AvgIpc) is 3.52. The number of methoxy groups -OCH3 is 1. The normalized spacial score (nSPS) is 13.3. The van der Waals surface area contributed by atoms with Gasteiger partial charge in [-0.1, -0.05) is 42.5 Å². The van der Waals surface area contributed by atoms with Crippen molar-refractivity contribution in [2.75, 3.05) is 13.7 Å². The molecule has 1 amide bonds. The minimum atomic E-state index is -0.240. The molecule has 1 aliphatic rings. The zero-order valence-electron chi connectivity index (χ0n) is 15.7. The molecule has 0 unspecified atom stereocenters. The molecule has 1 aliphatic carbocycles. The molecule has 3 aromatic rings. The fourth-order valence-electron chi connectivity index (χ4n) is 3.21. The second kappa shape index (κ2) is 7.72. The number of nitrogens with one attached hydrogen (secondary N) is 1. The minimum Gasteiger partial charge on any atom is -0.496 e. The predicted molar refractivity (Wildman–Crippen MR) is 106 cm³/mol. The summed E-state index contributed by atoms with van der Waals surface area (Å²) in [5.41, 5.74) is 1.25. The third-order valence-electron chi connectivity index (χ3n) is 4.78. The van der Waals surface area contributed by atoms with Gasteiger partial charge in [0.25, 0.3) is 5.91 Å². The lowest BCUT2D eigenvalue weighted by Gasteiger charge is -2.08. The van der Waals surface area contributed by atoms with E-state index >= 15 is 0 Å². The second-order valence-corrected chi connectivity index (χ2v) is 6.75. The molecule has 1 fully saturated rings. The first-order chi connectivity index (χ1) is 13.7. The quantitative estimate of drug-likeness (QED) is 0.685. The smallest absolute Gasteiger partial charge is 0.346 e. The zero-order valence-corrected chi connectivity index (χ0v) is 15.7. The van der Waals surface area contributed by atoms with Crippen molar-refractivity contribution in [3.05, 3.63) is 70.6 Å². The van der Waals surface area contributed by atoms with E-state index < -0.39 is 0 Å². The van der Waals surface area contributed by atoms with Crippen LogP contribution >= 0.6 is 0 Å².